The van der Waals surface area contributed by atoms with Gasteiger partial charge >= 0.3 is 0 Å². The average molecular weight is 360 g/mol. The molecule has 3 aromatic rings. The molecule has 0 aromatic heterocycles. The van der Waals surface area contributed by atoms with Gasteiger partial charge in [-0.05, 0) is 35.7 Å². The van der Waals surface area contributed by atoms with Gasteiger partial charge < -0.3 is 9.64 Å². The second-order valence-electron chi connectivity index (χ2n) is 6.79. The van der Waals surface area contributed by atoms with E-state index in [1.54, 1.807) is 0 Å². The second-order valence-corrected chi connectivity index (χ2v) is 6.79. The fourth-order valence-corrected chi connectivity index (χ4v) is 3.23. The minimum atomic E-state index is 0.685. The summed E-state index contributed by atoms with van der Waals surface area (Å²) in [4.78, 5) is 2.42. The van der Waals surface area contributed by atoms with E-state index in [0.29, 0.717) is 6.61 Å². The van der Waals surface area contributed by atoms with Gasteiger partial charge in [-0.15, -0.1) is 0 Å². The molecule has 0 spiro atoms. The van der Waals surface area contributed by atoms with Gasteiger partial charge in [0.15, 0.2) is 0 Å². The first-order chi connectivity index (χ1) is 13.4. The van der Waals surface area contributed by atoms with Gasteiger partial charge in [0.2, 0.25) is 0 Å². The minimum Gasteiger partial charge on any atom is -0.491 e. The molecular weight excluding hydrogens is 330 g/mol. The summed E-state index contributed by atoms with van der Waals surface area (Å²) in [7, 11) is 0. The topological polar surface area (TPSA) is 12.5 Å². The summed E-state index contributed by atoms with van der Waals surface area (Å²) in [6.07, 6.45) is 3.29. The Labute approximate surface area is 163 Å². The van der Waals surface area contributed by atoms with Crippen LogP contribution in [0.5, 0.6) is 5.75 Å². The number of ether oxygens (including phenoxy) is 1. The van der Waals surface area contributed by atoms with Crippen LogP contribution < -0.4 is 9.64 Å². The fraction of sp³-hybridized carbons (Fsp3) is 0.280. The third-order valence-corrected chi connectivity index (χ3v) is 4.73. The molecule has 0 N–H and O–H groups in total. The molecule has 140 valence electrons. The van der Waals surface area contributed by atoms with E-state index in [2.05, 4.69) is 96.8 Å². The van der Waals surface area contributed by atoms with Gasteiger partial charge in [-0.3, -0.25) is 0 Å². The highest BCUT2D eigenvalue weighted by Gasteiger charge is 2.08. The molecule has 0 atom stereocenters. The van der Waals surface area contributed by atoms with Crippen LogP contribution in [0.15, 0.2) is 84.9 Å². The van der Waals surface area contributed by atoms with E-state index in [4.69, 9.17) is 4.74 Å². The zero-order valence-corrected chi connectivity index (χ0v) is 16.2. The Hall–Kier alpha value is -2.74. The molecule has 0 saturated heterocycles. The summed E-state index contributed by atoms with van der Waals surface area (Å²) >= 11 is 0. The van der Waals surface area contributed by atoms with Crippen LogP contribution >= 0.6 is 0 Å². The summed E-state index contributed by atoms with van der Waals surface area (Å²) < 4.78 is 6.20. The Morgan fingerprint density at radius 2 is 1.41 bits per heavy atom. The molecule has 2 heteroatoms. The Kier molecular flexibility index (Phi) is 7.34. The molecule has 0 fully saturated rings. The van der Waals surface area contributed by atoms with E-state index in [-0.39, 0.29) is 0 Å². The van der Waals surface area contributed by atoms with Crippen LogP contribution in [-0.4, -0.2) is 19.7 Å². The first-order valence-corrected chi connectivity index (χ1v) is 9.91. The Morgan fingerprint density at radius 1 is 0.741 bits per heavy atom. The van der Waals surface area contributed by atoms with E-state index in [0.717, 1.165) is 25.3 Å². The Balaban J connectivity index is 1.62. The molecule has 0 unspecified atom stereocenters. The van der Waals surface area contributed by atoms with Crippen LogP contribution in [0.4, 0.5) is 5.69 Å². The van der Waals surface area contributed by atoms with Gasteiger partial charge in [0.25, 0.3) is 0 Å². The molecule has 2 nitrogen and oxygen atoms in total. The lowest BCUT2D eigenvalue weighted by Gasteiger charge is -2.25. The number of hydrogen-bond acceptors (Lipinski definition) is 2. The van der Waals surface area contributed by atoms with Gasteiger partial charge in [-0.25, -0.2) is 0 Å². The maximum absolute atomic E-state index is 6.20. The zero-order valence-electron chi connectivity index (χ0n) is 16.2. The molecule has 0 bridgehead atoms. The first-order valence-electron chi connectivity index (χ1n) is 9.91. The second kappa shape index (κ2) is 10.4. The minimum absolute atomic E-state index is 0.685. The zero-order chi connectivity index (χ0) is 18.7. The predicted octanol–water partition coefficient (Wildman–Crippen LogP) is 5.96. The summed E-state index contributed by atoms with van der Waals surface area (Å²) in [5.41, 5.74) is 3.82. The fourth-order valence-electron chi connectivity index (χ4n) is 3.23. The van der Waals surface area contributed by atoms with Crippen molar-refractivity contribution in [3.8, 4) is 5.75 Å². The highest BCUT2D eigenvalue weighted by Crippen LogP contribution is 2.22. The summed E-state index contributed by atoms with van der Waals surface area (Å²) in [5, 5.41) is 0. The van der Waals surface area contributed by atoms with E-state index in [9.17, 15) is 0 Å². The number of anilines is 1. The molecule has 3 aromatic carbocycles. The van der Waals surface area contributed by atoms with Crippen molar-refractivity contribution in [2.24, 2.45) is 0 Å². The van der Waals surface area contributed by atoms with Crippen molar-refractivity contribution in [3.05, 3.63) is 96.1 Å². The van der Waals surface area contributed by atoms with Gasteiger partial charge in [0.05, 0.1) is 6.54 Å². The first kappa shape index (κ1) is 19.0. The predicted molar refractivity (Wildman–Crippen MR) is 115 cm³/mol. The molecule has 0 heterocycles. The number of rotatable bonds is 10. The number of para-hydroxylation sites is 2. The van der Waals surface area contributed by atoms with Crippen LogP contribution in [0.25, 0.3) is 0 Å². The lowest BCUT2D eigenvalue weighted by Crippen LogP contribution is -2.29. The van der Waals surface area contributed by atoms with Crippen molar-refractivity contribution in [2.45, 2.75) is 26.2 Å². The summed E-state index contributed by atoms with van der Waals surface area (Å²) in [6, 6.07) is 29.6. The molecule has 3 rings (SSSR count). The van der Waals surface area contributed by atoms with Crippen LogP contribution in [0.2, 0.25) is 0 Å². The van der Waals surface area contributed by atoms with Crippen LogP contribution in [0.3, 0.4) is 0 Å². The molecule has 27 heavy (non-hydrogen) atoms. The molecule has 0 amide bonds. The molecular formula is C25H29NO. The largest absolute Gasteiger partial charge is 0.491 e. The molecule has 0 aliphatic carbocycles. The lowest BCUT2D eigenvalue weighted by molar-refractivity contribution is 0.320. The summed E-state index contributed by atoms with van der Waals surface area (Å²) in [6.45, 7) is 4.88. The van der Waals surface area contributed by atoms with Crippen LogP contribution in [0, 0.1) is 0 Å². The van der Waals surface area contributed by atoms with E-state index >= 15 is 0 Å². The molecule has 0 saturated carbocycles. The maximum Gasteiger partial charge on any atom is 0.122 e. The average Bonchev–Trinajstić information content (AvgIpc) is 2.73. The smallest absolute Gasteiger partial charge is 0.122 e. The van der Waals surface area contributed by atoms with Gasteiger partial charge in [0.1, 0.15) is 12.4 Å². The quantitative estimate of drug-likeness (QED) is 0.443. The van der Waals surface area contributed by atoms with Crippen molar-refractivity contribution >= 4 is 5.69 Å². The van der Waals surface area contributed by atoms with E-state index in [1.165, 1.54) is 29.7 Å². The van der Waals surface area contributed by atoms with Crippen molar-refractivity contribution in [1.82, 2.24) is 0 Å². The van der Waals surface area contributed by atoms with Gasteiger partial charge in [-0.2, -0.15) is 0 Å². The van der Waals surface area contributed by atoms with Crippen LogP contribution in [0.1, 0.15) is 30.9 Å². The molecule has 0 aliphatic heterocycles. The van der Waals surface area contributed by atoms with E-state index < -0.39 is 0 Å². The number of unbranched alkanes of at least 4 members (excludes halogenated alkanes) is 1. The highest BCUT2D eigenvalue weighted by molar-refractivity contribution is 5.46. The SMILES string of the molecule is CCCCN(CCOc1ccccc1Cc1ccccc1)c1ccccc1. The van der Waals surface area contributed by atoms with Gasteiger partial charge in [0, 0.05) is 18.7 Å². The van der Waals surface area contributed by atoms with Crippen molar-refractivity contribution in [2.75, 3.05) is 24.6 Å². The van der Waals surface area contributed by atoms with Crippen molar-refractivity contribution in [1.29, 1.82) is 0 Å². The normalized spacial score (nSPS) is 10.6. The third kappa shape index (κ3) is 5.89. The highest BCUT2D eigenvalue weighted by atomic mass is 16.5. The lowest BCUT2D eigenvalue weighted by atomic mass is 10.0. The standard InChI is InChI=1S/C25H29NO/c1-2-3-18-26(24-15-8-5-9-16-24)19-20-27-25-17-11-10-14-23(25)21-22-12-6-4-7-13-22/h4-17H,2-3,18-21H2,1H3. The number of nitrogens with zero attached hydrogens (tertiary/aromatic N) is 1. The third-order valence-electron chi connectivity index (χ3n) is 4.73. The maximum atomic E-state index is 6.20. The molecule has 0 aliphatic rings. The number of hydrogen-bond donors (Lipinski definition) is 0. The monoisotopic (exact) mass is 359 g/mol. The van der Waals surface area contributed by atoms with E-state index in [1.807, 2.05) is 0 Å². The van der Waals surface area contributed by atoms with Crippen molar-refractivity contribution < 1.29 is 4.74 Å². The Bertz CT molecular complexity index is 786. The van der Waals surface area contributed by atoms with Gasteiger partial charge in [-0.1, -0.05) is 80.1 Å². The summed E-state index contributed by atoms with van der Waals surface area (Å²) in [5.74, 6) is 0.991. The van der Waals surface area contributed by atoms with Crippen molar-refractivity contribution in [3.63, 3.8) is 0 Å². The Morgan fingerprint density at radius 3 is 2.15 bits per heavy atom. The molecule has 0 radical (unpaired) electrons. The van der Waals surface area contributed by atoms with Crippen LogP contribution in [-0.2, 0) is 6.42 Å². The number of benzene rings is 3.